The molecule has 3 heteroatoms. The molecule has 1 rings (SSSR count). The van der Waals surface area contributed by atoms with Crippen LogP contribution in [0.4, 0.5) is 0 Å². The van der Waals surface area contributed by atoms with Gasteiger partial charge in [-0.25, -0.2) is 0 Å². The number of nitriles is 1. The van der Waals surface area contributed by atoms with Crippen molar-refractivity contribution in [2.45, 2.75) is 19.8 Å². The van der Waals surface area contributed by atoms with Gasteiger partial charge in [-0.1, -0.05) is 13.3 Å². The van der Waals surface area contributed by atoms with E-state index in [4.69, 9.17) is 10.7 Å². The molecule has 3 nitrogen and oxygen atoms in total. The van der Waals surface area contributed by atoms with Gasteiger partial charge in [-0.05, 0) is 12.0 Å². The predicted molar refractivity (Wildman–Crippen MR) is 53.7 cm³/mol. The van der Waals surface area contributed by atoms with Crippen LogP contribution in [-0.4, -0.2) is 5.87 Å². The average Bonchev–Trinajstić information content (AvgIpc) is 2.23. The lowest BCUT2D eigenvalue weighted by atomic mass is 10.1. The van der Waals surface area contributed by atoms with Crippen molar-refractivity contribution in [2.24, 2.45) is 0 Å². The van der Waals surface area contributed by atoms with Gasteiger partial charge in [-0.2, -0.15) is 5.26 Å². The van der Waals surface area contributed by atoms with Crippen LogP contribution < -0.4 is 4.57 Å². The summed E-state index contributed by atoms with van der Waals surface area (Å²) in [5.41, 5.74) is 1.44. The predicted octanol–water partition coefficient (Wildman–Crippen LogP) is 1.54. The lowest BCUT2D eigenvalue weighted by Crippen LogP contribution is -2.30. The van der Waals surface area contributed by atoms with Crippen molar-refractivity contribution in [2.75, 3.05) is 0 Å². The molecule has 1 N–H and O–H groups in total. The molecule has 14 heavy (non-hydrogen) atoms. The smallest absolute Gasteiger partial charge is 0.252 e. The number of rotatable bonds is 3. The fourth-order valence-corrected chi connectivity index (χ4v) is 1.21. The minimum absolute atomic E-state index is 0.202. The first-order valence-electron chi connectivity index (χ1n) is 4.52. The van der Waals surface area contributed by atoms with E-state index in [9.17, 15) is 0 Å². The number of nitrogens with zero attached hydrogens (tertiary/aromatic N) is 2. The molecular weight excluding hydrogens is 174 g/mol. The molecule has 1 aromatic heterocycles. The van der Waals surface area contributed by atoms with E-state index in [2.05, 4.69) is 12.8 Å². The van der Waals surface area contributed by atoms with E-state index in [1.54, 1.807) is 17.0 Å². The zero-order valence-electron chi connectivity index (χ0n) is 8.12. The van der Waals surface area contributed by atoms with Gasteiger partial charge >= 0.3 is 5.70 Å². The molecule has 0 saturated carbocycles. The van der Waals surface area contributed by atoms with Crippen LogP contribution in [-0.2, 0) is 6.42 Å². The van der Waals surface area contributed by atoms with Gasteiger partial charge in [-0.15, -0.1) is 4.57 Å². The number of nitrogens with one attached hydrogen (secondary N) is 1. The first kappa shape index (κ1) is 10.2. The SMILES string of the molecule is CCCc1cc[n+](C(=C=N)C#N)cc1. The number of hydrogen-bond acceptors (Lipinski definition) is 2. The Bertz CT molecular complexity index is 392. The number of pyridine rings is 1. The second-order valence-corrected chi connectivity index (χ2v) is 2.95. The van der Waals surface area contributed by atoms with Crippen LogP contribution in [0.15, 0.2) is 24.5 Å². The van der Waals surface area contributed by atoms with Crippen LogP contribution in [0.5, 0.6) is 0 Å². The molecule has 0 fully saturated rings. The van der Waals surface area contributed by atoms with E-state index in [0.717, 1.165) is 12.8 Å². The van der Waals surface area contributed by atoms with Gasteiger partial charge in [-0.3, -0.25) is 5.41 Å². The average molecular weight is 186 g/mol. The van der Waals surface area contributed by atoms with E-state index in [-0.39, 0.29) is 5.70 Å². The molecule has 1 aromatic rings. The third-order valence-electron chi connectivity index (χ3n) is 1.92. The van der Waals surface area contributed by atoms with Crippen molar-refractivity contribution in [3.8, 4) is 6.07 Å². The Kier molecular flexibility index (Phi) is 3.60. The summed E-state index contributed by atoms with van der Waals surface area (Å²) < 4.78 is 1.59. The second kappa shape index (κ2) is 4.96. The molecule has 70 valence electrons. The van der Waals surface area contributed by atoms with E-state index >= 15 is 0 Å². The van der Waals surface area contributed by atoms with E-state index < -0.39 is 0 Å². The Morgan fingerprint density at radius 1 is 1.50 bits per heavy atom. The first-order valence-corrected chi connectivity index (χ1v) is 4.52. The van der Waals surface area contributed by atoms with Crippen molar-refractivity contribution in [1.82, 2.24) is 0 Å². The normalized spacial score (nSPS) is 8.86. The Hall–Kier alpha value is -1.91. The van der Waals surface area contributed by atoms with Crippen molar-refractivity contribution >= 4 is 11.6 Å². The quantitative estimate of drug-likeness (QED) is 0.434. The van der Waals surface area contributed by atoms with Crippen LogP contribution >= 0.6 is 0 Å². The third-order valence-corrected chi connectivity index (χ3v) is 1.92. The first-order chi connectivity index (χ1) is 6.81. The van der Waals surface area contributed by atoms with Crippen molar-refractivity contribution in [3.05, 3.63) is 30.1 Å². The van der Waals surface area contributed by atoms with Crippen LogP contribution in [0.25, 0.3) is 5.70 Å². The molecule has 0 unspecified atom stereocenters. The monoisotopic (exact) mass is 186 g/mol. The Balaban J connectivity index is 2.95. The van der Waals surface area contributed by atoms with Gasteiger partial charge in [0.15, 0.2) is 18.5 Å². The molecule has 0 aromatic carbocycles. The molecule has 0 saturated heterocycles. The highest BCUT2D eigenvalue weighted by Gasteiger charge is 2.07. The minimum Gasteiger partial charge on any atom is -0.252 e. The highest BCUT2D eigenvalue weighted by atomic mass is 14.9. The second-order valence-electron chi connectivity index (χ2n) is 2.95. The Labute approximate surface area is 83.4 Å². The number of aryl methyl sites for hydroxylation is 1. The molecule has 1 heterocycles. The maximum Gasteiger partial charge on any atom is 0.351 e. The molecule has 0 bridgehead atoms. The van der Waals surface area contributed by atoms with Crippen molar-refractivity contribution < 1.29 is 4.57 Å². The van der Waals surface area contributed by atoms with Gasteiger partial charge in [0.2, 0.25) is 0 Å². The summed E-state index contributed by atoms with van der Waals surface area (Å²) in [7, 11) is 0. The zero-order chi connectivity index (χ0) is 10.4. The summed E-state index contributed by atoms with van der Waals surface area (Å²) in [5, 5.41) is 15.6. The van der Waals surface area contributed by atoms with Gasteiger partial charge in [0.1, 0.15) is 0 Å². The van der Waals surface area contributed by atoms with E-state index in [1.807, 2.05) is 18.2 Å². The molecule has 0 aliphatic carbocycles. The van der Waals surface area contributed by atoms with Crippen LogP contribution in [0.3, 0.4) is 0 Å². The standard InChI is InChI=1S/C11H12N3/c1-2-3-10-4-6-14(7-5-10)11(8-12)9-13/h4-7,12H,2-3H2,1H3/q+1. The topological polar surface area (TPSA) is 51.5 Å². The van der Waals surface area contributed by atoms with Crippen LogP contribution in [0.2, 0.25) is 0 Å². The summed E-state index contributed by atoms with van der Waals surface area (Å²) >= 11 is 0. The van der Waals surface area contributed by atoms with Crippen molar-refractivity contribution in [1.29, 1.82) is 10.7 Å². The molecule has 0 aliphatic heterocycles. The minimum atomic E-state index is 0.202. The molecule has 0 atom stereocenters. The van der Waals surface area contributed by atoms with Gasteiger partial charge in [0.25, 0.3) is 0 Å². The number of allylic oxidation sites excluding steroid dienone is 1. The highest BCUT2D eigenvalue weighted by Crippen LogP contribution is 1.99. The van der Waals surface area contributed by atoms with Crippen molar-refractivity contribution in [3.63, 3.8) is 0 Å². The third kappa shape index (κ3) is 2.29. The van der Waals surface area contributed by atoms with Gasteiger partial charge in [0.05, 0.1) is 5.87 Å². The summed E-state index contributed by atoms with van der Waals surface area (Å²) in [5.74, 6) is 2.09. The maximum absolute atomic E-state index is 8.66. The lowest BCUT2D eigenvalue weighted by molar-refractivity contribution is -0.576. The van der Waals surface area contributed by atoms with Gasteiger partial charge < -0.3 is 0 Å². The lowest BCUT2D eigenvalue weighted by Gasteiger charge is -1.95. The number of hydrogen-bond donors (Lipinski definition) is 1. The molecule has 0 aliphatic rings. The van der Waals surface area contributed by atoms with E-state index in [1.165, 1.54) is 5.56 Å². The summed E-state index contributed by atoms with van der Waals surface area (Å²) in [6.45, 7) is 2.12. The molecule has 0 radical (unpaired) electrons. The largest absolute Gasteiger partial charge is 0.351 e. The Morgan fingerprint density at radius 3 is 2.57 bits per heavy atom. The molecule has 0 spiro atoms. The highest BCUT2D eigenvalue weighted by molar-refractivity contribution is 5.80. The molecular formula is C11H12N3+. The zero-order valence-corrected chi connectivity index (χ0v) is 8.12. The molecule has 0 amide bonds. The number of aromatic nitrogens is 1. The summed E-state index contributed by atoms with van der Waals surface area (Å²) in [6.07, 6.45) is 5.71. The Morgan fingerprint density at radius 2 is 2.14 bits per heavy atom. The van der Waals surface area contributed by atoms with Crippen LogP contribution in [0, 0.1) is 16.7 Å². The fraction of sp³-hybridized carbons (Fsp3) is 0.273. The van der Waals surface area contributed by atoms with Gasteiger partial charge in [0, 0.05) is 12.1 Å². The van der Waals surface area contributed by atoms with Crippen LogP contribution in [0.1, 0.15) is 18.9 Å². The summed E-state index contributed by atoms with van der Waals surface area (Å²) in [4.78, 5) is 0. The summed E-state index contributed by atoms with van der Waals surface area (Å²) in [6, 6.07) is 5.81. The maximum atomic E-state index is 8.66. The fourth-order valence-electron chi connectivity index (χ4n) is 1.21. The van der Waals surface area contributed by atoms with E-state index in [0.29, 0.717) is 0 Å².